The van der Waals surface area contributed by atoms with E-state index in [0.29, 0.717) is 0 Å². The van der Waals surface area contributed by atoms with E-state index in [1.54, 1.807) is 13.0 Å². The molecule has 0 radical (unpaired) electrons. The van der Waals surface area contributed by atoms with E-state index in [2.05, 4.69) is 19.1 Å². The van der Waals surface area contributed by atoms with E-state index >= 15 is 0 Å². The van der Waals surface area contributed by atoms with Crippen LogP contribution in [0.3, 0.4) is 0 Å². The van der Waals surface area contributed by atoms with E-state index in [1.165, 1.54) is 0 Å². The molecule has 0 spiro atoms. The molecule has 0 aliphatic carbocycles. The zero-order valence-corrected chi connectivity index (χ0v) is 6.63. The summed E-state index contributed by atoms with van der Waals surface area (Å²) in [5, 5.41) is 0. The van der Waals surface area contributed by atoms with Crippen LogP contribution in [-0.2, 0) is 4.79 Å². The molecule has 0 atom stereocenters. The van der Waals surface area contributed by atoms with Crippen molar-refractivity contribution in [1.82, 2.24) is 0 Å². The number of hydrogen-bond acceptors (Lipinski definition) is 1. The highest BCUT2D eigenvalue weighted by molar-refractivity contribution is 5.87. The summed E-state index contributed by atoms with van der Waals surface area (Å²) in [6.45, 7) is 3.64. The summed E-state index contributed by atoms with van der Waals surface area (Å²) in [7, 11) is 0. The Balaban J connectivity index is 3.35. The standard InChI is InChI=1S/C9H14O/c1-3-4-5-6-7-8-9(2)10/h4-5,7-8H,3,6H2,1-2H3. The lowest BCUT2D eigenvalue weighted by Gasteiger charge is -1.80. The highest BCUT2D eigenvalue weighted by Gasteiger charge is 1.77. The third-order valence-corrected chi connectivity index (χ3v) is 1.03. The van der Waals surface area contributed by atoms with Crippen molar-refractivity contribution in [3.8, 4) is 0 Å². The topological polar surface area (TPSA) is 17.1 Å². The highest BCUT2D eigenvalue weighted by atomic mass is 16.1. The first-order valence-electron chi connectivity index (χ1n) is 3.59. The maximum atomic E-state index is 10.4. The minimum Gasteiger partial charge on any atom is -0.295 e. The molecule has 10 heavy (non-hydrogen) atoms. The van der Waals surface area contributed by atoms with E-state index in [9.17, 15) is 4.79 Å². The molecule has 0 amide bonds. The first-order valence-corrected chi connectivity index (χ1v) is 3.59. The minimum atomic E-state index is 0.116. The Kier molecular flexibility index (Phi) is 5.74. The Bertz CT molecular complexity index is 143. The molecule has 0 fully saturated rings. The van der Waals surface area contributed by atoms with Crippen molar-refractivity contribution in [1.29, 1.82) is 0 Å². The van der Waals surface area contributed by atoms with Crippen LogP contribution in [0.5, 0.6) is 0 Å². The maximum absolute atomic E-state index is 10.4. The van der Waals surface area contributed by atoms with E-state index < -0.39 is 0 Å². The summed E-state index contributed by atoms with van der Waals surface area (Å²) < 4.78 is 0. The van der Waals surface area contributed by atoms with Gasteiger partial charge in [0.15, 0.2) is 5.78 Å². The number of allylic oxidation sites excluding steroid dienone is 4. The molecule has 0 N–H and O–H groups in total. The van der Waals surface area contributed by atoms with E-state index in [4.69, 9.17) is 0 Å². The quantitative estimate of drug-likeness (QED) is 0.431. The Labute approximate surface area is 62.4 Å². The van der Waals surface area contributed by atoms with Gasteiger partial charge in [-0.3, -0.25) is 4.79 Å². The summed E-state index contributed by atoms with van der Waals surface area (Å²) in [6, 6.07) is 0. The lowest BCUT2D eigenvalue weighted by Crippen LogP contribution is -1.78. The van der Waals surface area contributed by atoms with Crippen molar-refractivity contribution in [2.45, 2.75) is 26.7 Å². The lowest BCUT2D eigenvalue weighted by molar-refractivity contribution is -0.112. The third kappa shape index (κ3) is 7.15. The smallest absolute Gasteiger partial charge is 0.152 e. The van der Waals surface area contributed by atoms with Crippen LogP contribution in [0, 0.1) is 0 Å². The summed E-state index contributed by atoms with van der Waals surface area (Å²) in [4.78, 5) is 10.4. The molecule has 0 aliphatic heterocycles. The van der Waals surface area contributed by atoms with Gasteiger partial charge in [0.1, 0.15) is 0 Å². The largest absolute Gasteiger partial charge is 0.295 e. The fourth-order valence-corrected chi connectivity index (χ4v) is 0.575. The predicted octanol–water partition coefficient (Wildman–Crippen LogP) is 2.49. The molecule has 0 saturated carbocycles. The molecule has 0 saturated heterocycles. The van der Waals surface area contributed by atoms with Crippen LogP contribution in [0.15, 0.2) is 24.3 Å². The van der Waals surface area contributed by atoms with Crippen LogP contribution >= 0.6 is 0 Å². The second-order valence-corrected chi connectivity index (χ2v) is 2.13. The fraction of sp³-hybridized carbons (Fsp3) is 0.444. The van der Waals surface area contributed by atoms with Gasteiger partial charge in [0.25, 0.3) is 0 Å². The second kappa shape index (κ2) is 6.27. The normalized spacial score (nSPS) is 11.4. The van der Waals surface area contributed by atoms with Crippen LogP contribution in [0.4, 0.5) is 0 Å². The SMILES string of the molecule is CCC=CCC=CC(C)=O. The first-order chi connectivity index (χ1) is 4.77. The second-order valence-electron chi connectivity index (χ2n) is 2.13. The average Bonchev–Trinajstić information content (AvgIpc) is 1.87. The van der Waals surface area contributed by atoms with Crippen molar-refractivity contribution in [2.75, 3.05) is 0 Å². The van der Waals surface area contributed by atoms with Gasteiger partial charge in [-0.15, -0.1) is 0 Å². The van der Waals surface area contributed by atoms with Crippen LogP contribution in [0.1, 0.15) is 26.7 Å². The van der Waals surface area contributed by atoms with Crippen molar-refractivity contribution in [2.24, 2.45) is 0 Å². The van der Waals surface area contributed by atoms with Gasteiger partial charge in [0.2, 0.25) is 0 Å². The summed E-state index contributed by atoms with van der Waals surface area (Å²) in [5.41, 5.74) is 0. The van der Waals surface area contributed by atoms with Gasteiger partial charge in [-0.25, -0.2) is 0 Å². The minimum absolute atomic E-state index is 0.116. The summed E-state index contributed by atoms with van der Waals surface area (Å²) >= 11 is 0. The molecule has 0 aromatic rings. The first kappa shape index (κ1) is 9.15. The molecular weight excluding hydrogens is 124 g/mol. The Morgan fingerprint density at radius 1 is 1.30 bits per heavy atom. The number of carbonyl (C=O) groups excluding carboxylic acids is 1. The lowest BCUT2D eigenvalue weighted by atomic mass is 10.3. The molecular formula is C9H14O. The van der Waals surface area contributed by atoms with E-state index in [-0.39, 0.29) is 5.78 Å². The van der Waals surface area contributed by atoms with Gasteiger partial charge < -0.3 is 0 Å². The van der Waals surface area contributed by atoms with Gasteiger partial charge in [0.05, 0.1) is 0 Å². The van der Waals surface area contributed by atoms with E-state index in [0.717, 1.165) is 12.8 Å². The van der Waals surface area contributed by atoms with Crippen molar-refractivity contribution in [3.63, 3.8) is 0 Å². The Morgan fingerprint density at radius 3 is 2.50 bits per heavy atom. The van der Waals surface area contributed by atoms with E-state index in [1.807, 2.05) is 6.08 Å². The number of carbonyl (C=O) groups is 1. The molecule has 0 aromatic heterocycles. The number of hydrogen-bond donors (Lipinski definition) is 0. The summed E-state index contributed by atoms with van der Waals surface area (Å²) in [5.74, 6) is 0.116. The number of rotatable bonds is 4. The zero-order valence-electron chi connectivity index (χ0n) is 6.63. The Hall–Kier alpha value is -0.850. The van der Waals surface area contributed by atoms with Gasteiger partial charge in [0, 0.05) is 0 Å². The number of ketones is 1. The highest BCUT2D eigenvalue weighted by Crippen LogP contribution is 1.88. The zero-order chi connectivity index (χ0) is 7.82. The van der Waals surface area contributed by atoms with Crippen LogP contribution in [0.25, 0.3) is 0 Å². The predicted molar refractivity (Wildman–Crippen MR) is 43.9 cm³/mol. The molecule has 1 heteroatoms. The van der Waals surface area contributed by atoms with Gasteiger partial charge >= 0.3 is 0 Å². The Morgan fingerprint density at radius 2 is 2.00 bits per heavy atom. The van der Waals surface area contributed by atoms with Crippen molar-refractivity contribution in [3.05, 3.63) is 24.3 Å². The van der Waals surface area contributed by atoms with Crippen LogP contribution < -0.4 is 0 Å². The maximum Gasteiger partial charge on any atom is 0.152 e. The molecule has 0 bridgehead atoms. The average molecular weight is 138 g/mol. The molecule has 0 heterocycles. The van der Waals surface area contributed by atoms with Crippen LogP contribution in [-0.4, -0.2) is 5.78 Å². The van der Waals surface area contributed by atoms with Crippen molar-refractivity contribution >= 4 is 5.78 Å². The van der Waals surface area contributed by atoms with Gasteiger partial charge in [-0.2, -0.15) is 0 Å². The molecule has 0 aliphatic rings. The molecule has 1 nitrogen and oxygen atoms in total. The van der Waals surface area contributed by atoms with Crippen molar-refractivity contribution < 1.29 is 4.79 Å². The molecule has 0 rings (SSSR count). The molecule has 56 valence electrons. The third-order valence-electron chi connectivity index (χ3n) is 1.03. The molecule has 0 unspecified atom stereocenters. The van der Waals surface area contributed by atoms with Gasteiger partial charge in [-0.1, -0.05) is 25.2 Å². The monoisotopic (exact) mass is 138 g/mol. The summed E-state index contributed by atoms with van der Waals surface area (Å²) in [6.07, 6.45) is 9.54. The van der Waals surface area contributed by atoms with Crippen LogP contribution in [0.2, 0.25) is 0 Å². The fourth-order valence-electron chi connectivity index (χ4n) is 0.575. The van der Waals surface area contributed by atoms with Gasteiger partial charge in [-0.05, 0) is 25.8 Å². The molecule has 0 aromatic carbocycles.